The summed E-state index contributed by atoms with van der Waals surface area (Å²) < 4.78 is 4.66. The van der Waals surface area contributed by atoms with Gasteiger partial charge in [0.15, 0.2) is 6.17 Å². The van der Waals surface area contributed by atoms with E-state index in [1.165, 1.54) is 12.7 Å². The van der Waals surface area contributed by atoms with Gasteiger partial charge in [0.25, 0.3) is 0 Å². The number of pyridine rings is 1. The topological polar surface area (TPSA) is 92.4 Å². The number of likely N-dealkylation sites (N-methyl/N-ethyl adjacent to an activating group) is 1. The monoisotopic (exact) mass is 348 g/mol. The van der Waals surface area contributed by atoms with E-state index in [1.807, 2.05) is 6.92 Å². The zero-order valence-electron chi connectivity index (χ0n) is 15.1. The molecule has 0 bridgehead atoms. The molecule has 0 aromatic carbocycles. The van der Waals surface area contributed by atoms with E-state index in [2.05, 4.69) is 37.8 Å². The molecular weight excluding hydrogens is 320 g/mol. The first-order chi connectivity index (χ1) is 12.1. The lowest BCUT2D eigenvalue weighted by Gasteiger charge is -2.17. The molecule has 1 atom stereocenters. The van der Waals surface area contributed by atoms with Crippen molar-refractivity contribution in [2.24, 2.45) is 0 Å². The van der Waals surface area contributed by atoms with Gasteiger partial charge in [0.05, 0.1) is 7.11 Å². The first-order valence-electron chi connectivity index (χ1n) is 8.97. The van der Waals surface area contributed by atoms with Gasteiger partial charge in [-0.1, -0.05) is 13.0 Å². The fourth-order valence-electron chi connectivity index (χ4n) is 2.85. The summed E-state index contributed by atoms with van der Waals surface area (Å²) in [5.74, 6) is 0.366. The minimum absolute atomic E-state index is 0.156. The number of nitrogens with one attached hydrogen (secondary N) is 3. The fraction of sp³-hybridized carbons (Fsp3) is 0.611. The van der Waals surface area contributed by atoms with E-state index in [0.717, 1.165) is 50.2 Å². The lowest BCUT2D eigenvalue weighted by molar-refractivity contribution is -0.146. The number of carbonyl (C=O) groups excluding carboxylic acids is 2. The zero-order chi connectivity index (χ0) is 18.1. The minimum Gasteiger partial charge on any atom is -0.466 e. The van der Waals surface area contributed by atoms with Crippen LogP contribution in [0.5, 0.6) is 0 Å². The summed E-state index contributed by atoms with van der Waals surface area (Å²) in [6.45, 7) is 3.41. The summed E-state index contributed by atoms with van der Waals surface area (Å²) in [6, 6.07) is 4.22. The Morgan fingerprint density at radius 2 is 2.20 bits per heavy atom. The van der Waals surface area contributed by atoms with Gasteiger partial charge in [-0.15, -0.1) is 0 Å². The number of rotatable bonds is 9. The van der Waals surface area contributed by atoms with Crippen LogP contribution in [0.4, 0.5) is 5.82 Å². The predicted molar refractivity (Wildman–Crippen MR) is 96.2 cm³/mol. The van der Waals surface area contributed by atoms with Gasteiger partial charge in [0.2, 0.25) is 5.91 Å². The Morgan fingerprint density at radius 3 is 2.96 bits per heavy atom. The molecular formula is C18H28N4O3. The second-order valence-corrected chi connectivity index (χ2v) is 6.13. The van der Waals surface area contributed by atoms with Gasteiger partial charge in [-0.2, -0.15) is 0 Å². The third-order valence-electron chi connectivity index (χ3n) is 4.19. The number of carbonyl (C=O) groups is 2. The Balaban J connectivity index is 1.71. The number of amides is 1. The maximum Gasteiger partial charge on any atom is 0.343 e. The number of hydrogen-bond donors (Lipinski definition) is 3. The molecule has 1 aromatic rings. The number of fused-ring (bicyclic) bond motifs is 1. The first-order valence-corrected chi connectivity index (χ1v) is 8.97. The Hall–Kier alpha value is -2.15. The van der Waals surface area contributed by atoms with E-state index >= 15 is 0 Å². The predicted octanol–water partition coefficient (Wildman–Crippen LogP) is 1.38. The number of aromatic nitrogens is 1. The maximum absolute atomic E-state index is 12.0. The molecule has 1 aromatic heterocycles. The second kappa shape index (κ2) is 9.98. The average Bonchev–Trinajstić information content (AvgIpc) is 2.64. The molecule has 2 heterocycles. The Labute approximate surface area is 148 Å². The normalized spacial score (nSPS) is 14.2. The van der Waals surface area contributed by atoms with Crippen molar-refractivity contribution in [3.63, 3.8) is 0 Å². The van der Waals surface area contributed by atoms with Crippen molar-refractivity contribution in [2.45, 2.75) is 51.6 Å². The number of hydrogen-bond acceptors (Lipinski definition) is 6. The number of esters is 1. The molecule has 0 aliphatic carbocycles. The Morgan fingerprint density at radius 1 is 1.36 bits per heavy atom. The number of ether oxygens (including phenoxy) is 1. The van der Waals surface area contributed by atoms with Crippen molar-refractivity contribution in [2.75, 3.05) is 25.5 Å². The van der Waals surface area contributed by atoms with Crippen molar-refractivity contribution < 1.29 is 14.3 Å². The van der Waals surface area contributed by atoms with Crippen LogP contribution in [0.3, 0.4) is 0 Å². The zero-order valence-corrected chi connectivity index (χ0v) is 15.1. The highest BCUT2D eigenvalue weighted by Crippen LogP contribution is 2.20. The van der Waals surface area contributed by atoms with Gasteiger partial charge in [0, 0.05) is 18.7 Å². The molecule has 7 heteroatoms. The van der Waals surface area contributed by atoms with Crippen LogP contribution < -0.4 is 16.0 Å². The van der Waals surface area contributed by atoms with Crippen LogP contribution in [0, 0.1) is 0 Å². The van der Waals surface area contributed by atoms with Crippen LogP contribution in [-0.2, 0) is 27.2 Å². The summed E-state index contributed by atoms with van der Waals surface area (Å²) in [7, 11) is 1.30. The summed E-state index contributed by atoms with van der Waals surface area (Å²) in [4.78, 5) is 28.2. The van der Waals surface area contributed by atoms with Crippen molar-refractivity contribution in [1.82, 2.24) is 15.6 Å². The third kappa shape index (κ3) is 6.01. The highest BCUT2D eigenvalue weighted by atomic mass is 16.5. The van der Waals surface area contributed by atoms with Gasteiger partial charge in [-0.25, -0.2) is 9.78 Å². The largest absolute Gasteiger partial charge is 0.466 e. The Kier molecular flexibility index (Phi) is 7.66. The maximum atomic E-state index is 12.0. The average molecular weight is 348 g/mol. The van der Waals surface area contributed by atoms with Crippen molar-refractivity contribution in [3.8, 4) is 0 Å². The number of anilines is 1. The second-order valence-electron chi connectivity index (χ2n) is 6.13. The van der Waals surface area contributed by atoms with Crippen LogP contribution in [0.25, 0.3) is 0 Å². The Bertz CT molecular complexity index is 592. The summed E-state index contributed by atoms with van der Waals surface area (Å²) >= 11 is 0. The van der Waals surface area contributed by atoms with Gasteiger partial charge in [0.1, 0.15) is 5.82 Å². The molecule has 0 fully saturated rings. The van der Waals surface area contributed by atoms with E-state index in [-0.39, 0.29) is 5.91 Å². The molecule has 3 N–H and O–H groups in total. The molecule has 25 heavy (non-hydrogen) atoms. The van der Waals surface area contributed by atoms with Gasteiger partial charge >= 0.3 is 5.97 Å². The minimum atomic E-state index is -0.782. The quantitative estimate of drug-likeness (QED) is 0.355. The van der Waals surface area contributed by atoms with E-state index in [4.69, 9.17) is 0 Å². The number of nitrogens with zero attached hydrogens (tertiary/aromatic N) is 1. The first kappa shape index (κ1) is 19.2. The lowest BCUT2D eigenvalue weighted by Crippen LogP contribution is -2.51. The van der Waals surface area contributed by atoms with Crippen molar-refractivity contribution in [3.05, 3.63) is 23.4 Å². The molecule has 1 aliphatic heterocycles. The van der Waals surface area contributed by atoms with E-state index < -0.39 is 12.1 Å². The van der Waals surface area contributed by atoms with E-state index in [9.17, 15) is 9.59 Å². The molecule has 2 rings (SSSR count). The molecule has 138 valence electrons. The summed E-state index contributed by atoms with van der Waals surface area (Å²) in [5.41, 5.74) is 2.33. The summed E-state index contributed by atoms with van der Waals surface area (Å²) in [6.07, 6.45) is 4.31. The smallest absolute Gasteiger partial charge is 0.343 e. The molecule has 0 spiro atoms. The fourth-order valence-corrected chi connectivity index (χ4v) is 2.85. The van der Waals surface area contributed by atoms with E-state index in [1.54, 1.807) is 0 Å². The highest BCUT2D eigenvalue weighted by Gasteiger charge is 2.19. The lowest BCUT2D eigenvalue weighted by atomic mass is 10.1. The molecule has 0 saturated heterocycles. The molecule has 7 nitrogen and oxygen atoms in total. The van der Waals surface area contributed by atoms with E-state index in [0.29, 0.717) is 13.0 Å². The van der Waals surface area contributed by atoms with Crippen molar-refractivity contribution >= 4 is 17.7 Å². The molecule has 1 aliphatic rings. The third-order valence-corrected chi connectivity index (χ3v) is 4.19. The molecule has 1 amide bonds. The SMILES string of the molecule is CCNC(NC(=O)CCCCc1ccc2c(n1)NCCC2)C(=O)OC. The molecule has 1 unspecified atom stereocenters. The highest BCUT2D eigenvalue weighted by molar-refractivity contribution is 5.84. The summed E-state index contributed by atoms with van der Waals surface area (Å²) in [5, 5.41) is 8.88. The molecule has 0 saturated carbocycles. The van der Waals surface area contributed by atoms with Crippen LogP contribution in [-0.4, -0.2) is 43.2 Å². The van der Waals surface area contributed by atoms with Crippen LogP contribution in [0.2, 0.25) is 0 Å². The molecule has 0 radical (unpaired) electrons. The van der Waals surface area contributed by atoms with Crippen LogP contribution in [0.15, 0.2) is 12.1 Å². The van der Waals surface area contributed by atoms with Gasteiger partial charge in [-0.05, 0) is 50.3 Å². The number of unbranched alkanes of at least 4 members (excludes halogenated alkanes) is 1. The van der Waals surface area contributed by atoms with Crippen LogP contribution in [0.1, 0.15) is 43.9 Å². The van der Waals surface area contributed by atoms with Crippen molar-refractivity contribution in [1.29, 1.82) is 0 Å². The number of methoxy groups -OCH3 is 1. The standard InChI is InChI=1S/C18H28N4O3/c1-3-19-17(18(24)25-2)22-15(23)9-5-4-8-14-11-10-13-7-6-12-20-16(13)21-14/h10-11,17,19H,3-9,12H2,1-2H3,(H,20,21)(H,22,23). The number of aryl methyl sites for hydroxylation is 2. The van der Waals surface area contributed by atoms with Crippen LogP contribution >= 0.6 is 0 Å². The van der Waals surface area contributed by atoms with Gasteiger partial charge < -0.3 is 15.4 Å². The van der Waals surface area contributed by atoms with Gasteiger partial charge in [-0.3, -0.25) is 10.1 Å².